The molecule has 1 aromatic rings. The van der Waals surface area contributed by atoms with E-state index < -0.39 is 0 Å². The standard InChI is InChI=1S/C13H18N2O3/c16-9-10-4-2-1-3-7-15(10)13(18)11-5-6-14-8-12(11)17/h5-6,8,10,16-17H,1-4,7,9H2. The van der Waals surface area contributed by atoms with E-state index in [1.807, 2.05) is 0 Å². The Hall–Kier alpha value is -1.62. The lowest BCUT2D eigenvalue weighted by atomic mass is 10.1. The summed E-state index contributed by atoms with van der Waals surface area (Å²) < 4.78 is 0. The summed E-state index contributed by atoms with van der Waals surface area (Å²) in [6.07, 6.45) is 6.60. The number of hydrogen-bond acceptors (Lipinski definition) is 4. The van der Waals surface area contributed by atoms with Crippen molar-refractivity contribution in [2.75, 3.05) is 13.2 Å². The second kappa shape index (κ2) is 5.82. The Morgan fingerprint density at radius 1 is 1.44 bits per heavy atom. The molecule has 18 heavy (non-hydrogen) atoms. The van der Waals surface area contributed by atoms with Crippen molar-refractivity contribution in [2.24, 2.45) is 0 Å². The van der Waals surface area contributed by atoms with Crippen molar-refractivity contribution in [1.82, 2.24) is 9.88 Å². The predicted molar refractivity (Wildman–Crippen MR) is 66.3 cm³/mol. The first kappa shape index (κ1) is 12.8. The smallest absolute Gasteiger partial charge is 0.258 e. The van der Waals surface area contributed by atoms with E-state index in [1.165, 1.54) is 18.5 Å². The van der Waals surface area contributed by atoms with E-state index in [4.69, 9.17) is 0 Å². The van der Waals surface area contributed by atoms with Crippen LogP contribution in [-0.2, 0) is 0 Å². The molecular weight excluding hydrogens is 232 g/mol. The number of aromatic nitrogens is 1. The van der Waals surface area contributed by atoms with Crippen LogP contribution in [0.2, 0.25) is 0 Å². The average molecular weight is 250 g/mol. The van der Waals surface area contributed by atoms with E-state index in [-0.39, 0.29) is 29.9 Å². The third kappa shape index (κ3) is 2.61. The van der Waals surface area contributed by atoms with Gasteiger partial charge in [0.15, 0.2) is 0 Å². The molecule has 1 saturated heterocycles. The fourth-order valence-electron chi connectivity index (χ4n) is 2.36. The number of hydrogen-bond donors (Lipinski definition) is 2. The van der Waals surface area contributed by atoms with Gasteiger partial charge in [-0.2, -0.15) is 0 Å². The van der Waals surface area contributed by atoms with Crippen LogP contribution in [0.4, 0.5) is 0 Å². The summed E-state index contributed by atoms with van der Waals surface area (Å²) in [4.78, 5) is 17.8. The van der Waals surface area contributed by atoms with Crippen LogP contribution in [-0.4, -0.2) is 45.2 Å². The third-order valence-electron chi connectivity index (χ3n) is 3.38. The van der Waals surface area contributed by atoms with Crippen LogP contribution >= 0.6 is 0 Å². The van der Waals surface area contributed by atoms with Crippen LogP contribution in [0.3, 0.4) is 0 Å². The third-order valence-corrected chi connectivity index (χ3v) is 3.38. The number of amides is 1. The van der Waals surface area contributed by atoms with E-state index in [0.717, 1.165) is 25.7 Å². The molecule has 1 aromatic heterocycles. The molecule has 0 aliphatic carbocycles. The summed E-state index contributed by atoms with van der Waals surface area (Å²) >= 11 is 0. The molecule has 5 nitrogen and oxygen atoms in total. The zero-order valence-corrected chi connectivity index (χ0v) is 10.2. The molecule has 0 spiro atoms. The maximum atomic E-state index is 12.4. The number of rotatable bonds is 2. The highest BCUT2D eigenvalue weighted by Crippen LogP contribution is 2.22. The molecular formula is C13H18N2O3. The van der Waals surface area contributed by atoms with Crippen LogP contribution in [0.1, 0.15) is 36.0 Å². The summed E-state index contributed by atoms with van der Waals surface area (Å²) in [7, 11) is 0. The summed E-state index contributed by atoms with van der Waals surface area (Å²) in [6.45, 7) is 0.601. The molecule has 2 heterocycles. The Balaban J connectivity index is 2.23. The van der Waals surface area contributed by atoms with Crippen LogP contribution in [0.5, 0.6) is 5.75 Å². The van der Waals surface area contributed by atoms with Gasteiger partial charge in [-0.05, 0) is 18.9 Å². The lowest BCUT2D eigenvalue weighted by Crippen LogP contribution is -2.42. The van der Waals surface area contributed by atoms with Gasteiger partial charge in [-0.3, -0.25) is 9.78 Å². The monoisotopic (exact) mass is 250 g/mol. The fraction of sp³-hybridized carbons (Fsp3) is 0.538. The van der Waals surface area contributed by atoms with Gasteiger partial charge in [0.25, 0.3) is 5.91 Å². The molecule has 5 heteroatoms. The number of carbonyl (C=O) groups excluding carboxylic acids is 1. The van der Waals surface area contributed by atoms with E-state index >= 15 is 0 Å². The van der Waals surface area contributed by atoms with Gasteiger partial charge in [0, 0.05) is 12.7 Å². The molecule has 1 fully saturated rings. The Kier molecular flexibility index (Phi) is 4.15. The SMILES string of the molecule is O=C(c1ccncc1O)N1CCCCCC1CO. The van der Waals surface area contributed by atoms with Crippen molar-refractivity contribution in [3.63, 3.8) is 0 Å². The number of aliphatic hydroxyl groups excluding tert-OH is 1. The summed E-state index contributed by atoms with van der Waals surface area (Å²) in [5.74, 6) is -0.334. The lowest BCUT2D eigenvalue weighted by Gasteiger charge is -2.28. The second-order valence-electron chi connectivity index (χ2n) is 4.58. The Morgan fingerprint density at radius 3 is 3.00 bits per heavy atom. The van der Waals surface area contributed by atoms with Gasteiger partial charge >= 0.3 is 0 Å². The van der Waals surface area contributed by atoms with Crippen LogP contribution < -0.4 is 0 Å². The highest BCUT2D eigenvalue weighted by atomic mass is 16.3. The Morgan fingerprint density at radius 2 is 2.28 bits per heavy atom. The number of carbonyl (C=O) groups is 1. The normalized spacial score (nSPS) is 20.5. The van der Waals surface area contributed by atoms with E-state index in [0.29, 0.717) is 6.54 Å². The number of aliphatic hydroxyl groups is 1. The van der Waals surface area contributed by atoms with Crippen molar-refractivity contribution in [1.29, 1.82) is 0 Å². The first-order valence-electron chi connectivity index (χ1n) is 6.29. The van der Waals surface area contributed by atoms with Crippen LogP contribution in [0, 0.1) is 0 Å². The average Bonchev–Trinajstić information content (AvgIpc) is 2.63. The molecule has 1 atom stereocenters. The minimum Gasteiger partial charge on any atom is -0.505 e. The van der Waals surface area contributed by atoms with E-state index in [2.05, 4.69) is 4.98 Å². The minimum absolute atomic E-state index is 0.0302. The van der Waals surface area contributed by atoms with E-state index in [9.17, 15) is 15.0 Å². The molecule has 0 bridgehead atoms. The van der Waals surface area contributed by atoms with Crippen molar-refractivity contribution < 1.29 is 15.0 Å². The first-order chi connectivity index (χ1) is 8.74. The Bertz CT molecular complexity index is 422. The molecule has 1 aliphatic rings. The topological polar surface area (TPSA) is 73.7 Å². The number of nitrogens with zero attached hydrogens (tertiary/aromatic N) is 2. The zero-order chi connectivity index (χ0) is 13.0. The van der Waals surface area contributed by atoms with Crippen molar-refractivity contribution in [3.8, 4) is 5.75 Å². The van der Waals surface area contributed by atoms with Gasteiger partial charge in [0.05, 0.1) is 24.4 Å². The molecule has 0 saturated carbocycles. The highest BCUT2D eigenvalue weighted by Gasteiger charge is 2.27. The molecule has 0 aromatic carbocycles. The van der Waals surface area contributed by atoms with E-state index in [1.54, 1.807) is 4.90 Å². The number of pyridine rings is 1. The van der Waals surface area contributed by atoms with Gasteiger partial charge in [-0.25, -0.2) is 0 Å². The number of likely N-dealkylation sites (tertiary alicyclic amines) is 1. The van der Waals surface area contributed by atoms with Crippen molar-refractivity contribution in [3.05, 3.63) is 24.0 Å². The Labute approximate surface area is 106 Å². The summed E-state index contributed by atoms with van der Waals surface area (Å²) in [5.41, 5.74) is 0.255. The van der Waals surface area contributed by atoms with Gasteiger partial charge in [-0.1, -0.05) is 12.8 Å². The van der Waals surface area contributed by atoms with Crippen molar-refractivity contribution >= 4 is 5.91 Å². The minimum atomic E-state index is -0.226. The molecule has 98 valence electrons. The maximum absolute atomic E-state index is 12.4. The lowest BCUT2D eigenvalue weighted by molar-refractivity contribution is 0.0596. The van der Waals surface area contributed by atoms with Gasteiger partial charge in [0.2, 0.25) is 0 Å². The molecule has 1 unspecified atom stereocenters. The highest BCUT2D eigenvalue weighted by molar-refractivity contribution is 5.96. The second-order valence-corrected chi connectivity index (χ2v) is 4.58. The van der Waals surface area contributed by atoms with Crippen molar-refractivity contribution in [2.45, 2.75) is 31.7 Å². The largest absolute Gasteiger partial charge is 0.505 e. The summed E-state index contributed by atoms with van der Waals surface area (Å²) in [5, 5.41) is 19.1. The molecule has 1 amide bonds. The van der Waals surface area contributed by atoms with Crippen LogP contribution in [0.15, 0.2) is 18.5 Å². The fourth-order valence-corrected chi connectivity index (χ4v) is 2.36. The molecule has 2 rings (SSSR count). The molecule has 1 aliphatic heterocycles. The first-order valence-corrected chi connectivity index (χ1v) is 6.29. The predicted octanol–water partition coefficient (Wildman–Crippen LogP) is 1.16. The summed E-state index contributed by atoms with van der Waals surface area (Å²) in [6, 6.07) is 1.37. The van der Waals surface area contributed by atoms with Gasteiger partial charge in [-0.15, -0.1) is 0 Å². The van der Waals surface area contributed by atoms with Crippen LogP contribution in [0.25, 0.3) is 0 Å². The number of aromatic hydroxyl groups is 1. The van der Waals surface area contributed by atoms with Gasteiger partial charge < -0.3 is 15.1 Å². The molecule has 0 radical (unpaired) electrons. The molecule has 2 N–H and O–H groups in total. The zero-order valence-electron chi connectivity index (χ0n) is 10.2. The van der Waals surface area contributed by atoms with Gasteiger partial charge in [0.1, 0.15) is 5.75 Å². The quantitative estimate of drug-likeness (QED) is 0.826. The maximum Gasteiger partial charge on any atom is 0.258 e.